The molecule has 166 valence electrons. The fourth-order valence-electron chi connectivity index (χ4n) is 5.05. The lowest BCUT2D eigenvalue weighted by Gasteiger charge is -2.43. The van der Waals surface area contributed by atoms with Gasteiger partial charge in [0.15, 0.2) is 5.11 Å². The van der Waals surface area contributed by atoms with Gasteiger partial charge >= 0.3 is 0 Å². The molecule has 4 heteroatoms. The summed E-state index contributed by atoms with van der Waals surface area (Å²) >= 11 is 5.79. The van der Waals surface area contributed by atoms with Gasteiger partial charge in [0.1, 0.15) is 5.60 Å². The van der Waals surface area contributed by atoms with E-state index in [9.17, 15) is 5.11 Å². The smallest absolute Gasteiger partial charge is 0.173 e. The summed E-state index contributed by atoms with van der Waals surface area (Å²) in [4.78, 5) is 2.23. The Hall–Kier alpha value is -3.21. The van der Waals surface area contributed by atoms with Gasteiger partial charge in [0.25, 0.3) is 0 Å². The van der Waals surface area contributed by atoms with Crippen molar-refractivity contribution in [1.82, 2.24) is 4.90 Å². The van der Waals surface area contributed by atoms with Gasteiger partial charge in [0, 0.05) is 24.2 Å². The van der Waals surface area contributed by atoms with E-state index in [1.54, 1.807) is 0 Å². The van der Waals surface area contributed by atoms with Crippen LogP contribution in [-0.4, -0.2) is 28.2 Å². The topological polar surface area (TPSA) is 35.5 Å². The summed E-state index contributed by atoms with van der Waals surface area (Å²) in [6.07, 6.45) is 1.72. The highest BCUT2D eigenvalue weighted by Crippen LogP contribution is 2.42. The molecule has 0 unspecified atom stereocenters. The molecular weight excluding hydrogens is 424 g/mol. The maximum absolute atomic E-state index is 12.1. The number of nitrogens with one attached hydrogen (secondary N) is 1. The van der Waals surface area contributed by atoms with E-state index in [-0.39, 0.29) is 5.92 Å². The summed E-state index contributed by atoms with van der Waals surface area (Å²) < 4.78 is 0. The van der Waals surface area contributed by atoms with E-state index in [1.165, 1.54) is 10.8 Å². The van der Waals surface area contributed by atoms with Crippen LogP contribution in [0.5, 0.6) is 0 Å². The molecule has 5 rings (SSSR count). The number of aliphatic hydroxyl groups is 1. The van der Waals surface area contributed by atoms with Gasteiger partial charge < -0.3 is 15.3 Å². The molecule has 33 heavy (non-hydrogen) atoms. The molecule has 1 aliphatic heterocycles. The minimum absolute atomic E-state index is 0.110. The van der Waals surface area contributed by atoms with E-state index in [0.29, 0.717) is 0 Å². The summed E-state index contributed by atoms with van der Waals surface area (Å²) in [5.41, 5.74) is 1.92. The molecule has 1 heterocycles. The molecule has 4 aromatic carbocycles. The molecule has 0 spiro atoms. The predicted molar refractivity (Wildman–Crippen MR) is 140 cm³/mol. The third kappa shape index (κ3) is 4.24. The van der Waals surface area contributed by atoms with Crippen LogP contribution in [0.3, 0.4) is 0 Å². The highest BCUT2D eigenvalue weighted by molar-refractivity contribution is 7.80. The number of hydrogen-bond donors (Lipinski definition) is 2. The molecule has 3 nitrogen and oxygen atoms in total. The standard InChI is InChI=1S/C29H28N2OS/c32-29(23-12-3-1-4-13-23,24-14-5-2-6-15-24)25-18-20-31(21-19-25)28(33)30-27-17-9-11-22-10-7-8-16-26(22)27/h1-17,25,32H,18-21H2,(H,30,33). The molecule has 0 aliphatic carbocycles. The van der Waals surface area contributed by atoms with E-state index < -0.39 is 5.60 Å². The first-order valence-electron chi connectivity index (χ1n) is 11.5. The summed E-state index contributed by atoms with van der Waals surface area (Å²) in [5, 5.41) is 18.7. The number of thiocarbonyl (C=S) groups is 1. The predicted octanol–water partition coefficient (Wildman–Crippen LogP) is 6.18. The maximum atomic E-state index is 12.1. The van der Waals surface area contributed by atoms with Crippen LogP contribution < -0.4 is 5.32 Å². The second-order valence-electron chi connectivity index (χ2n) is 8.72. The van der Waals surface area contributed by atoms with Crippen LogP contribution in [0.2, 0.25) is 0 Å². The Kier molecular flexibility index (Phi) is 6.12. The first-order valence-corrected chi connectivity index (χ1v) is 11.9. The molecule has 0 bridgehead atoms. The molecule has 0 atom stereocenters. The van der Waals surface area contributed by atoms with E-state index in [0.717, 1.165) is 47.9 Å². The monoisotopic (exact) mass is 452 g/mol. The molecule has 1 aliphatic rings. The Morgan fingerprint density at radius 3 is 1.94 bits per heavy atom. The average Bonchev–Trinajstić information content (AvgIpc) is 2.89. The van der Waals surface area contributed by atoms with Crippen LogP contribution in [0.25, 0.3) is 10.8 Å². The third-order valence-electron chi connectivity index (χ3n) is 6.83. The van der Waals surface area contributed by atoms with Crippen molar-refractivity contribution >= 4 is 33.8 Å². The maximum Gasteiger partial charge on any atom is 0.173 e. The highest BCUT2D eigenvalue weighted by atomic mass is 32.1. The van der Waals surface area contributed by atoms with Gasteiger partial charge in [-0.05, 0) is 53.6 Å². The number of piperidine rings is 1. The summed E-state index contributed by atoms with van der Waals surface area (Å²) in [5.74, 6) is 0.110. The van der Waals surface area contributed by atoms with Gasteiger partial charge in [-0.25, -0.2) is 0 Å². The van der Waals surface area contributed by atoms with Crippen LogP contribution in [0, 0.1) is 5.92 Å². The lowest BCUT2D eigenvalue weighted by molar-refractivity contribution is -0.00631. The molecule has 0 aromatic heterocycles. The van der Waals surface area contributed by atoms with E-state index in [1.807, 2.05) is 60.7 Å². The molecule has 1 fully saturated rings. The zero-order valence-electron chi connectivity index (χ0n) is 18.5. The van der Waals surface area contributed by atoms with E-state index in [4.69, 9.17) is 12.2 Å². The number of rotatable bonds is 4. The average molecular weight is 453 g/mol. The van der Waals surface area contributed by atoms with Crippen molar-refractivity contribution in [3.05, 3.63) is 114 Å². The van der Waals surface area contributed by atoms with Gasteiger partial charge in [-0.2, -0.15) is 0 Å². The summed E-state index contributed by atoms with van der Waals surface area (Å²) in [6, 6.07) is 34.7. The first kappa shape index (κ1) is 21.6. The number of nitrogens with zero attached hydrogens (tertiary/aromatic N) is 1. The lowest BCUT2D eigenvalue weighted by atomic mass is 9.72. The van der Waals surface area contributed by atoms with Crippen molar-refractivity contribution in [1.29, 1.82) is 0 Å². The fraction of sp³-hybridized carbons (Fsp3) is 0.207. The van der Waals surface area contributed by atoms with Gasteiger partial charge in [-0.1, -0.05) is 97.1 Å². The van der Waals surface area contributed by atoms with Crippen LogP contribution in [0.15, 0.2) is 103 Å². The van der Waals surface area contributed by atoms with Crippen molar-refractivity contribution in [3.63, 3.8) is 0 Å². The van der Waals surface area contributed by atoms with Crippen molar-refractivity contribution in [2.45, 2.75) is 18.4 Å². The Morgan fingerprint density at radius 1 is 0.758 bits per heavy atom. The molecular formula is C29H28N2OS. The highest BCUT2D eigenvalue weighted by Gasteiger charge is 2.41. The largest absolute Gasteiger partial charge is 0.380 e. The second-order valence-corrected chi connectivity index (χ2v) is 9.10. The van der Waals surface area contributed by atoms with Gasteiger partial charge in [0.2, 0.25) is 0 Å². The fourth-order valence-corrected chi connectivity index (χ4v) is 5.34. The first-order chi connectivity index (χ1) is 16.2. The molecule has 0 amide bonds. The van der Waals surface area contributed by atoms with Crippen LogP contribution >= 0.6 is 12.2 Å². The third-order valence-corrected chi connectivity index (χ3v) is 7.19. The van der Waals surface area contributed by atoms with Crippen molar-refractivity contribution in [2.75, 3.05) is 18.4 Å². The number of hydrogen-bond acceptors (Lipinski definition) is 2. The summed E-state index contributed by atoms with van der Waals surface area (Å²) in [6.45, 7) is 1.62. The Labute approximate surface area is 200 Å². The quantitative estimate of drug-likeness (QED) is 0.362. The molecule has 2 N–H and O–H groups in total. The zero-order valence-corrected chi connectivity index (χ0v) is 19.3. The lowest BCUT2D eigenvalue weighted by Crippen LogP contribution is -2.47. The van der Waals surface area contributed by atoms with Gasteiger partial charge in [-0.15, -0.1) is 0 Å². The SMILES string of the molecule is OC(c1ccccc1)(c1ccccc1)C1CCN(C(=S)Nc2cccc3ccccc23)CC1. The van der Waals surface area contributed by atoms with Crippen molar-refractivity contribution < 1.29 is 5.11 Å². The molecule has 1 saturated heterocycles. The van der Waals surface area contributed by atoms with Crippen LogP contribution in [0.1, 0.15) is 24.0 Å². The summed E-state index contributed by atoms with van der Waals surface area (Å²) in [7, 11) is 0. The minimum Gasteiger partial charge on any atom is -0.380 e. The number of likely N-dealkylation sites (tertiary alicyclic amines) is 1. The number of fused-ring (bicyclic) bond motifs is 1. The Balaban J connectivity index is 1.33. The molecule has 0 saturated carbocycles. The number of anilines is 1. The number of benzene rings is 4. The zero-order chi connectivity index (χ0) is 22.7. The van der Waals surface area contributed by atoms with Crippen LogP contribution in [-0.2, 0) is 5.60 Å². The van der Waals surface area contributed by atoms with Crippen molar-refractivity contribution in [2.24, 2.45) is 5.92 Å². The Bertz CT molecular complexity index is 1190. The van der Waals surface area contributed by atoms with Crippen molar-refractivity contribution in [3.8, 4) is 0 Å². The molecule has 4 aromatic rings. The normalized spacial score (nSPS) is 14.9. The van der Waals surface area contributed by atoms with Gasteiger partial charge in [-0.3, -0.25) is 0 Å². The van der Waals surface area contributed by atoms with E-state index >= 15 is 0 Å². The van der Waals surface area contributed by atoms with E-state index in [2.05, 4.69) is 52.7 Å². The second kappa shape index (κ2) is 9.34. The van der Waals surface area contributed by atoms with Crippen LogP contribution in [0.4, 0.5) is 5.69 Å². The molecule has 0 radical (unpaired) electrons. The Morgan fingerprint density at radius 2 is 1.30 bits per heavy atom. The minimum atomic E-state index is -1.01. The van der Waals surface area contributed by atoms with Gasteiger partial charge in [0.05, 0.1) is 0 Å².